The van der Waals surface area contributed by atoms with Crippen LogP contribution in [0.25, 0.3) is 0 Å². The summed E-state index contributed by atoms with van der Waals surface area (Å²) in [5.41, 5.74) is 8.40. The van der Waals surface area contributed by atoms with Crippen molar-refractivity contribution in [2.45, 2.75) is 52.0 Å². The second kappa shape index (κ2) is 8.87. The van der Waals surface area contributed by atoms with Crippen LogP contribution in [-0.4, -0.2) is 35.8 Å². The molecule has 2 unspecified atom stereocenters. The summed E-state index contributed by atoms with van der Waals surface area (Å²) in [5.74, 6) is 0.685. The Morgan fingerprint density at radius 1 is 1.15 bits per heavy atom. The number of hydrogen-bond acceptors (Lipinski definition) is 3. The zero-order valence-electron chi connectivity index (χ0n) is 15.7. The van der Waals surface area contributed by atoms with Gasteiger partial charge in [0, 0.05) is 30.4 Å². The van der Waals surface area contributed by atoms with Gasteiger partial charge in [-0.15, -0.1) is 12.4 Å². The van der Waals surface area contributed by atoms with Gasteiger partial charge in [-0.1, -0.05) is 13.3 Å². The number of carbonyl (C=O) groups is 2. The van der Waals surface area contributed by atoms with Gasteiger partial charge in [0.05, 0.1) is 5.92 Å². The molecule has 6 heteroatoms. The number of anilines is 1. The van der Waals surface area contributed by atoms with Crippen LogP contribution in [0.5, 0.6) is 0 Å². The number of halogens is 1. The highest BCUT2D eigenvalue weighted by molar-refractivity contribution is 5.97. The lowest BCUT2D eigenvalue weighted by molar-refractivity contribution is -0.120. The molecule has 2 fully saturated rings. The van der Waals surface area contributed by atoms with Gasteiger partial charge in [-0.2, -0.15) is 0 Å². The standard InChI is InChI=1S/C20H29N3O2.ClH/c1-13-8-10-23(11-9-13)20(25)15-6-7-18(14(2)12-15)22-19(24)16-4-3-5-17(16)21;/h6-7,12-13,16-17H,3-5,8-11,21H2,1-2H3,(H,22,24);1H. The summed E-state index contributed by atoms with van der Waals surface area (Å²) in [7, 11) is 0. The van der Waals surface area contributed by atoms with Gasteiger partial charge in [0.2, 0.25) is 5.91 Å². The number of piperidine rings is 1. The van der Waals surface area contributed by atoms with E-state index in [0.29, 0.717) is 11.5 Å². The number of nitrogens with two attached hydrogens (primary N) is 1. The first kappa shape index (κ1) is 20.7. The van der Waals surface area contributed by atoms with Crippen LogP contribution in [0.15, 0.2) is 18.2 Å². The second-order valence-electron chi connectivity index (χ2n) is 7.69. The molecule has 2 amide bonds. The smallest absolute Gasteiger partial charge is 0.253 e. The van der Waals surface area contributed by atoms with Gasteiger partial charge in [-0.05, 0) is 62.3 Å². The Hall–Kier alpha value is -1.59. The zero-order chi connectivity index (χ0) is 18.0. The van der Waals surface area contributed by atoms with Gasteiger partial charge < -0.3 is 16.0 Å². The van der Waals surface area contributed by atoms with Crippen molar-refractivity contribution in [1.29, 1.82) is 0 Å². The van der Waals surface area contributed by atoms with E-state index < -0.39 is 0 Å². The van der Waals surface area contributed by atoms with E-state index in [4.69, 9.17) is 5.73 Å². The minimum absolute atomic E-state index is 0. The third-order valence-electron chi connectivity index (χ3n) is 5.71. The Kier molecular flexibility index (Phi) is 7.07. The Morgan fingerprint density at radius 2 is 1.85 bits per heavy atom. The zero-order valence-corrected chi connectivity index (χ0v) is 16.5. The molecule has 0 bridgehead atoms. The van der Waals surface area contributed by atoms with E-state index in [2.05, 4.69) is 12.2 Å². The van der Waals surface area contributed by atoms with Crippen LogP contribution in [0.3, 0.4) is 0 Å². The van der Waals surface area contributed by atoms with Gasteiger partial charge in [0.25, 0.3) is 5.91 Å². The topological polar surface area (TPSA) is 75.4 Å². The number of carbonyl (C=O) groups excluding carboxylic acids is 2. The summed E-state index contributed by atoms with van der Waals surface area (Å²) < 4.78 is 0. The molecule has 144 valence electrons. The van der Waals surface area contributed by atoms with Crippen LogP contribution in [0.4, 0.5) is 5.69 Å². The summed E-state index contributed by atoms with van der Waals surface area (Å²) in [6.45, 7) is 5.83. The van der Waals surface area contributed by atoms with Crippen LogP contribution < -0.4 is 11.1 Å². The van der Waals surface area contributed by atoms with Gasteiger partial charge in [-0.25, -0.2) is 0 Å². The molecule has 3 N–H and O–H groups in total. The van der Waals surface area contributed by atoms with E-state index in [-0.39, 0.29) is 36.2 Å². The maximum atomic E-state index is 12.7. The minimum Gasteiger partial charge on any atom is -0.339 e. The van der Waals surface area contributed by atoms with Gasteiger partial charge in [-0.3, -0.25) is 9.59 Å². The molecule has 1 aliphatic heterocycles. The SMILES string of the molecule is Cc1cc(C(=O)N2CCC(C)CC2)ccc1NC(=O)C1CCCC1N.Cl. The highest BCUT2D eigenvalue weighted by Gasteiger charge is 2.30. The van der Waals surface area contributed by atoms with Crippen molar-refractivity contribution in [2.75, 3.05) is 18.4 Å². The Balaban J connectivity index is 0.00000243. The number of likely N-dealkylation sites (tertiary alicyclic amines) is 1. The first-order chi connectivity index (χ1) is 12.0. The van der Waals surface area contributed by atoms with E-state index >= 15 is 0 Å². The summed E-state index contributed by atoms with van der Waals surface area (Å²) in [6.07, 6.45) is 4.93. The van der Waals surface area contributed by atoms with Crippen molar-refractivity contribution < 1.29 is 9.59 Å². The fourth-order valence-electron chi connectivity index (χ4n) is 3.87. The van der Waals surface area contributed by atoms with Crippen molar-refractivity contribution in [3.05, 3.63) is 29.3 Å². The summed E-state index contributed by atoms with van der Waals surface area (Å²) in [5, 5.41) is 2.99. The van der Waals surface area contributed by atoms with Crippen LogP contribution in [-0.2, 0) is 4.79 Å². The maximum Gasteiger partial charge on any atom is 0.253 e. The molecule has 1 aromatic rings. The molecule has 1 saturated carbocycles. The van der Waals surface area contributed by atoms with E-state index in [9.17, 15) is 9.59 Å². The molecule has 1 aliphatic carbocycles. The fraction of sp³-hybridized carbons (Fsp3) is 0.600. The molecular formula is C20H30ClN3O2. The summed E-state index contributed by atoms with van der Waals surface area (Å²) in [4.78, 5) is 27.0. The molecule has 3 rings (SSSR count). The number of amides is 2. The van der Waals surface area contributed by atoms with Crippen LogP contribution in [0.1, 0.15) is 54.9 Å². The predicted octanol–water partition coefficient (Wildman–Crippen LogP) is 3.35. The highest BCUT2D eigenvalue weighted by Crippen LogP contribution is 2.27. The predicted molar refractivity (Wildman–Crippen MR) is 107 cm³/mol. The fourth-order valence-corrected chi connectivity index (χ4v) is 3.87. The number of benzene rings is 1. The van der Waals surface area contributed by atoms with Gasteiger partial charge in [0.15, 0.2) is 0 Å². The lowest BCUT2D eigenvalue weighted by Crippen LogP contribution is -2.38. The van der Waals surface area contributed by atoms with Crippen LogP contribution in [0, 0.1) is 18.8 Å². The summed E-state index contributed by atoms with van der Waals surface area (Å²) in [6, 6.07) is 5.50. The van der Waals surface area contributed by atoms with Gasteiger partial charge >= 0.3 is 0 Å². The monoisotopic (exact) mass is 379 g/mol. The molecule has 1 saturated heterocycles. The Labute approximate surface area is 162 Å². The van der Waals surface area contributed by atoms with Crippen molar-refractivity contribution in [3.8, 4) is 0 Å². The molecule has 2 aliphatic rings. The number of aryl methyl sites for hydroxylation is 1. The maximum absolute atomic E-state index is 12.7. The van der Waals surface area contributed by atoms with Crippen LogP contribution in [0.2, 0.25) is 0 Å². The van der Waals surface area contributed by atoms with Crippen molar-refractivity contribution in [2.24, 2.45) is 17.6 Å². The quantitative estimate of drug-likeness (QED) is 0.845. The lowest BCUT2D eigenvalue weighted by Gasteiger charge is -2.30. The van der Waals surface area contributed by atoms with E-state index in [0.717, 1.165) is 56.4 Å². The molecule has 1 heterocycles. The van der Waals surface area contributed by atoms with E-state index in [1.165, 1.54) is 0 Å². The third-order valence-corrected chi connectivity index (χ3v) is 5.71. The number of hydrogen-bond donors (Lipinski definition) is 2. The number of nitrogens with one attached hydrogen (secondary N) is 1. The molecule has 5 nitrogen and oxygen atoms in total. The minimum atomic E-state index is -0.101. The molecular weight excluding hydrogens is 350 g/mol. The molecule has 2 atom stereocenters. The first-order valence-corrected chi connectivity index (χ1v) is 9.42. The Bertz CT molecular complexity index is 656. The molecule has 26 heavy (non-hydrogen) atoms. The van der Waals surface area contributed by atoms with Gasteiger partial charge in [0.1, 0.15) is 0 Å². The third kappa shape index (κ3) is 4.57. The average Bonchev–Trinajstić information content (AvgIpc) is 3.03. The molecule has 0 spiro atoms. The van der Waals surface area contributed by atoms with Crippen molar-refractivity contribution in [3.63, 3.8) is 0 Å². The lowest BCUT2D eigenvalue weighted by atomic mass is 9.98. The highest BCUT2D eigenvalue weighted by atomic mass is 35.5. The molecule has 0 radical (unpaired) electrons. The largest absolute Gasteiger partial charge is 0.339 e. The Morgan fingerprint density at radius 3 is 2.42 bits per heavy atom. The summed E-state index contributed by atoms with van der Waals surface area (Å²) >= 11 is 0. The first-order valence-electron chi connectivity index (χ1n) is 9.42. The van der Waals surface area contributed by atoms with Crippen molar-refractivity contribution in [1.82, 2.24) is 4.90 Å². The number of rotatable bonds is 3. The molecule has 1 aromatic carbocycles. The average molecular weight is 380 g/mol. The second-order valence-corrected chi connectivity index (χ2v) is 7.69. The number of nitrogens with zero attached hydrogens (tertiary/aromatic N) is 1. The normalized spacial score (nSPS) is 23.4. The van der Waals surface area contributed by atoms with E-state index in [1.54, 1.807) is 0 Å². The molecule has 0 aromatic heterocycles. The van der Waals surface area contributed by atoms with E-state index in [1.807, 2.05) is 30.0 Å². The van der Waals surface area contributed by atoms with Crippen LogP contribution >= 0.6 is 12.4 Å². The van der Waals surface area contributed by atoms with Crippen molar-refractivity contribution >= 4 is 29.9 Å².